The van der Waals surface area contributed by atoms with Crippen LogP contribution >= 0.6 is 0 Å². The summed E-state index contributed by atoms with van der Waals surface area (Å²) >= 11 is 0. The van der Waals surface area contributed by atoms with Gasteiger partial charge >= 0.3 is 0 Å². The van der Waals surface area contributed by atoms with Crippen molar-refractivity contribution in [2.45, 2.75) is 39.0 Å². The summed E-state index contributed by atoms with van der Waals surface area (Å²) in [7, 11) is 0. The summed E-state index contributed by atoms with van der Waals surface area (Å²) in [4.78, 5) is 16.5. The fourth-order valence-electron chi connectivity index (χ4n) is 2.69. The van der Waals surface area contributed by atoms with Crippen LogP contribution in [0.15, 0.2) is 30.3 Å². The van der Waals surface area contributed by atoms with Crippen LogP contribution in [0.3, 0.4) is 0 Å². The summed E-state index contributed by atoms with van der Waals surface area (Å²) in [5, 5.41) is 9.59. The minimum absolute atomic E-state index is 0.144. The highest BCUT2D eigenvalue weighted by Gasteiger charge is 2.30. The van der Waals surface area contributed by atoms with Crippen LogP contribution in [0.5, 0.6) is 0 Å². The van der Waals surface area contributed by atoms with Gasteiger partial charge in [0, 0.05) is 26.2 Å². The molecule has 0 bridgehead atoms. The molecular weight excluding hydrogens is 252 g/mol. The van der Waals surface area contributed by atoms with Crippen LogP contribution in [0.1, 0.15) is 25.8 Å². The van der Waals surface area contributed by atoms with Crippen LogP contribution in [0.4, 0.5) is 0 Å². The monoisotopic (exact) mass is 276 g/mol. The Morgan fingerprint density at radius 2 is 2.15 bits per heavy atom. The Labute approximate surface area is 121 Å². The Balaban J connectivity index is 1.98. The molecule has 0 aliphatic carbocycles. The van der Waals surface area contributed by atoms with Crippen molar-refractivity contribution >= 4 is 5.91 Å². The van der Waals surface area contributed by atoms with Crippen molar-refractivity contribution in [3.63, 3.8) is 0 Å². The van der Waals surface area contributed by atoms with E-state index in [9.17, 15) is 9.90 Å². The van der Waals surface area contributed by atoms with Gasteiger partial charge in [-0.25, -0.2) is 0 Å². The Hall–Kier alpha value is -1.39. The predicted molar refractivity (Wildman–Crippen MR) is 79.2 cm³/mol. The molecule has 4 heteroatoms. The summed E-state index contributed by atoms with van der Waals surface area (Å²) in [5.74, 6) is 0.144. The number of aliphatic hydroxyl groups excluding tert-OH is 1. The van der Waals surface area contributed by atoms with Crippen LogP contribution in [-0.2, 0) is 11.3 Å². The molecule has 0 radical (unpaired) electrons. The number of likely N-dealkylation sites (tertiary alicyclic amines) is 1. The van der Waals surface area contributed by atoms with Crippen LogP contribution in [0.2, 0.25) is 0 Å². The molecule has 1 N–H and O–H groups in total. The number of aliphatic hydroxyl groups is 1. The molecule has 1 amide bonds. The largest absolute Gasteiger partial charge is 0.392 e. The van der Waals surface area contributed by atoms with E-state index >= 15 is 0 Å². The van der Waals surface area contributed by atoms with Crippen LogP contribution in [0, 0.1) is 0 Å². The molecule has 1 heterocycles. The number of likely N-dealkylation sites (N-methyl/N-ethyl adjacent to an activating group) is 1. The number of benzene rings is 1. The minimum atomic E-state index is -0.283. The fourth-order valence-corrected chi connectivity index (χ4v) is 2.69. The van der Waals surface area contributed by atoms with Gasteiger partial charge in [0.25, 0.3) is 0 Å². The molecule has 1 aliphatic rings. The summed E-state index contributed by atoms with van der Waals surface area (Å²) in [6.07, 6.45) is 0.483. The third-order valence-electron chi connectivity index (χ3n) is 4.01. The van der Waals surface area contributed by atoms with Gasteiger partial charge in [-0.1, -0.05) is 30.3 Å². The lowest BCUT2D eigenvalue weighted by Gasteiger charge is -2.29. The second kappa shape index (κ2) is 6.86. The summed E-state index contributed by atoms with van der Waals surface area (Å²) in [5.41, 5.74) is 1.15. The Morgan fingerprint density at radius 3 is 2.70 bits per heavy atom. The number of β-amino-alcohol motifs (C(OH)–C–C–N with tert-alkyl or cyclic N) is 1. The van der Waals surface area contributed by atoms with E-state index in [2.05, 4.69) is 4.90 Å². The van der Waals surface area contributed by atoms with Gasteiger partial charge < -0.3 is 10.0 Å². The first-order chi connectivity index (χ1) is 9.61. The number of carbonyl (C=O) groups excluding carboxylic acids is 1. The lowest BCUT2D eigenvalue weighted by atomic mass is 10.2. The second-order valence-electron chi connectivity index (χ2n) is 5.45. The number of nitrogens with zero attached hydrogens (tertiary/aromatic N) is 2. The number of hydrogen-bond donors (Lipinski definition) is 1. The zero-order chi connectivity index (χ0) is 14.5. The standard InChI is InChI=1S/C16H24N2O2/c1-3-17(11-14-7-5-4-6-8-14)16(20)13(2)18-10-9-15(19)12-18/h4-8,13,15,19H,3,9-12H2,1-2H3/t13?,15-/m1/s1. The zero-order valence-electron chi connectivity index (χ0n) is 12.3. The number of rotatable bonds is 5. The third kappa shape index (κ3) is 3.58. The van der Waals surface area contributed by atoms with Crippen molar-refractivity contribution in [2.24, 2.45) is 0 Å². The van der Waals surface area contributed by atoms with E-state index in [-0.39, 0.29) is 18.1 Å². The van der Waals surface area contributed by atoms with Crippen LogP contribution in [0.25, 0.3) is 0 Å². The Kier molecular flexibility index (Phi) is 5.15. The highest BCUT2D eigenvalue weighted by Crippen LogP contribution is 2.15. The lowest BCUT2D eigenvalue weighted by Crippen LogP contribution is -2.46. The molecule has 1 aromatic carbocycles. The van der Waals surface area contributed by atoms with E-state index in [4.69, 9.17) is 0 Å². The van der Waals surface area contributed by atoms with E-state index in [1.54, 1.807) is 0 Å². The molecule has 2 atom stereocenters. The molecule has 4 nitrogen and oxygen atoms in total. The molecule has 1 aliphatic heterocycles. The summed E-state index contributed by atoms with van der Waals surface area (Å²) < 4.78 is 0. The molecule has 20 heavy (non-hydrogen) atoms. The predicted octanol–water partition coefficient (Wildman–Crippen LogP) is 1.49. The van der Waals surface area contributed by atoms with Gasteiger partial charge in [0.1, 0.15) is 0 Å². The lowest BCUT2D eigenvalue weighted by molar-refractivity contribution is -0.136. The first-order valence-corrected chi connectivity index (χ1v) is 7.36. The van der Waals surface area contributed by atoms with E-state index < -0.39 is 0 Å². The van der Waals surface area contributed by atoms with Crippen molar-refractivity contribution < 1.29 is 9.90 Å². The maximum absolute atomic E-state index is 12.6. The van der Waals surface area contributed by atoms with Gasteiger partial charge in [-0.3, -0.25) is 9.69 Å². The first-order valence-electron chi connectivity index (χ1n) is 7.36. The van der Waals surface area contributed by atoms with Gasteiger partial charge in [0.2, 0.25) is 5.91 Å². The molecule has 110 valence electrons. The van der Waals surface area contributed by atoms with Gasteiger partial charge in [-0.15, -0.1) is 0 Å². The normalized spacial score (nSPS) is 20.9. The SMILES string of the molecule is CCN(Cc1ccccc1)C(=O)C(C)N1CC[C@@H](O)C1. The molecule has 1 saturated heterocycles. The summed E-state index contributed by atoms with van der Waals surface area (Å²) in [6, 6.07) is 9.90. The van der Waals surface area contributed by atoms with Crippen molar-refractivity contribution in [1.29, 1.82) is 0 Å². The van der Waals surface area contributed by atoms with Gasteiger partial charge in [-0.05, 0) is 25.8 Å². The summed E-state index contributed by atoms with van der Waals surface area (Å²) in [6.45, 7) is 6.71. The molecule has 0 aromatic heterocycles. The third-order valence-corrected chi connectivity index (χ3v) is 4.01. The van der Waals surface area contributed by atoms with Crippen LogP contribution < -0.4 is 0 Å². The average Bonchev–Trinajstić information content (AvgIpc) is 2.91. The van der Waals surface area contributed by atoms with E-state index in [0.717, 1.165) is 18.5 Å². The maximum atomic E-state index is 12.6. The zero-order valence-corrected chi connectivity index (χ0v) is 12.3. The van der Waals surface area contributed by atoms with E-state index in [1.165, 1.54) is 0 Å². The molecule has 1 aromatic rings. The molecule has 1 unspecified atom stereocenters. The van der Waals surface area contributed by atoms with Gasteiger partial charge in [0.05, 0.1) is 12.1 Å². The molecule has 1 fully saturated rings. The van der Waals surface area contributed by atoms with Crippen molar-refractivity contribution in [1.82, 2.24) is 9.80 Å². The number of amides is 1. The van der Waals surface area contributed by atoms with Crippen LogP contribution in [-0.4, -0.2) is 52.6 Å². The van der Waals surface area contributed by atoms with Crippen molar-refractivity contribution in [2.75, 3.05) is 19.6 Å². The Morgan fingerprint density at radius 1 is 1.45 bits per heavy atom. The molecular formula is C16H24N2O2. The topological polar surface area (TPSA) is 43.8 Å². The maximum Gasteiger partial charge on any atom is 0.239 e. The molecule has 0 spiro atoms. The second-order valence-corrected chi connectivity index (χ2v) is 5.45. The highest BCUT2D eigenvalue weighted by atomic mass is 16.3. The molecule has 2 rings (SSSR count). The highest BCUT2D eigenvalue weighted by molar-refractivity contribution is 5.81. The van der Waals surface area contributed by atoms with Gasteiger partial charge in [0.15, 0.2) is 0 Å². The fraction of sp³-hybridized carbons (Fsp3) is 0.562. The smallest absolute Gasteiger partial charge is 0.239 e. The first kappa shape index (κ1) is 15.0. The quantitative estimate of drug-likeness (QED) is 0.886. The minimum Gasteiger partial charge on any atom is -0.392 e. The number of hydrogen-bond acceptors (Lipinski definition) is 3. The van der Waals surface area contributed by atoms with Gasteiger partial charge in [-0.2, -0.15) is 0 Å². The van der Waals surface area contributed by atoms with E-state index in [0.29, 0.717) is 19.6 Å². The number of carbonyl (C=O) groups is 1. The van der Waals surface area contributed by atoms with Crippen molar-refractivity contribution in [3.05, 3.63) is 35.9 Å². The average molecular weight is 276 g/mol. The molecule has 0 saturated carbocycles. The Bertz CT molecular complexity index is 435. The van der Waals surface area contributed by atoms with E-state index in [1.807, 2.05) is 49.1 Å². The van der Waals surface area contributed by atoms with Crippen molar-refractivity contribution in [3.8, 4) is 0 Å².